The van der Waals surface area contributed by atoms with Gasteiger partial charge in [-0.05, 0) is 89.7 Å². The number of aromatic nitrogens is 1. The van der Waals surface area contributed by atoms with Crippen LogP contribution in [0.4, 0.5) is 0 Å². The lowest BCUT2D eigenvalue weighted by Gasteiger charge is -2.46. The van der Waals surface area contributed by atoms with E-state index in [2.05, 4.69) is 16.4 Å². The molecule has 0 radical (unpaired) electrons. The van der Waals surface area contributed by atoms with Gasteiger partial charge in [0.05, 0.1) is 12.6 Å². The molecule has 1 aromatic heterocycles. The number of phenols is 4. The molecule has 12 nitrogen and oxygen atoms in total. The fourth-order valence-corrected chi connectivity index (χ4v) is 7.62. The quantitative estimate of drug-likeness (QED) is 0.154. The number of para-hydroxylation sites is 1. The summed E-state index contributed by atoms with van der Waals surface area (Å²) in [5, 5.41) is 42.7. The Balaban J connectivity index is 0.000000153. The Bertz CT molecular complexity index is 2160. The van der Waals surface area contributed by atoms with Gasteiger partial charge in [-0.25, -0.2) is 0 Å². The van der Waals surface area contributed by atoms with Gasteiger partial charge in [0.2, 0.25) is 18.6 Å². The van der Waals surface area contributed by atoms with E-state index in [1.807, 2.05) is 36.4 Å². The van der Waals surface area contributed by atoms with Gasteiger partial charge in [0, 0.05) is 36.1 Å². The number of nitrogens with one attached hydrogen (secondary N) is 2. The third kappa shape index (κ3) is 5.37. The zero-order valence-electron chi connectivity index (χ0n) is 27.2. The Kier molecular flexibility index (Phi) is 7.67. The maximum atomic E-state index is 13.1. The minimum Gasteiger partial charge on any atom is -0.504 e. The van der Waals surface area contributed by atoms with Crippen molar-refractivity contribution in [1.82, 2.24) is 20.1 Å². The van der Waals surface area contributed by atoms with E-state index in [4.69, 9.17) is 9.47 Å². The SMILES string of the molecule is CN1CC(=O)N2[C@H](c3ccc4c(c3)OCO4)c3[nH]c4ccccc4c3C[C@@H]2C1=O.Oc1ccc(CC2NCCc3cc(O)c(O)cc32)cc1O. The Morgan fingerprint density at radius 3 is 2.48 bits per heavy atom. The molecule has 1 saturated heterocycles. The number of carbonyl (C=O) groups excluding carboxylic acids is 2. The van der Waals surface area contributed by atoms with Crippen LogP contribution in [0.5, 0.6) is 34.5 Å². The van der Waals surface area contributed by atoms with Crippen LogP contribution in [0.3, 0.4) is 0 Å². The van der Waals surface area contributed by atoms with E-state index >= 15 is 0 Å². The number of ether oxygens (including phenoxy) is 2. The monoisotopic (exact) mass is 676 g/mol. The molecule has 9 rings (SSSR count). The number of fused-ring (bicyclic) bond motifs is 6. The highest BCUT2D eigenvalue weighted by Crippen LogP contribution is 2.45. The molecule has 4 aliphatic heterocycles. The van der Waals surface area contributed by atoms with E-state index in [0.717, 1.165) is 57.4 Å². The molecule has 4 aliphatic rings. The number of hydrogen-bond acceptors (Lipinski definition) is 9. The largest absolute Gasteiger partial charge is 0.504 e. The predicted molar refractivity (Wildman–Crippen MR) is 182 cm³/mol. The molecule has 0 bridgehead atoms. The zero-order chi connectivity index (χ0) is 34.7. The van der Waals surface area contributed by atoms with Crippen molar-refractivity contribution in [1.29, 1.82) is 0 Å². The van der Waals surface area contributed by atoms with Gasteiger partial charge in [-0.3, -0.25) is 9.59 Å². The van der Waals surface area contributed by atoms with Crippen molar-refractivity contribution in [2.75, 3.05) is 26.9 Å². The number of benzene rings is 4. The molecule has 12 heteroatoms. The summed E-state index contributed by atoms with van der Waals surface area (Å²) >= 11 is 0. The van der Waals surface area contributed by atoms with Crippen LogP contribution in [0.15, 0.2) is 72.8 Å². The summed E-state index contributed by atoms with van der Waals surface area (Å²) in [6, 6.07) is 20.8. The normalized spacial score (nSPS) is 20.5. The fraction of sp³-hybridized carbons (Fsp3) is 0.263. The van der Waals surface area contributed by atoms with Gasteiger partial charge >= 0.3 is 0 Å². The van der Waals surface area contributed by atoms with Gasteiger partial charge < -0.3 is 50.0 Å². The third-order valence-electron chi connectivity index (χ3n) is 10.0. The molecule has 0 aliphatic carbocycles. The van der Waals surface area contributed by atoms with Gasteiger partial charge in [0.15, 0.2) is 34.5 Å². The molecule has 5 aromatic rings. The van der Waals surface area contributed by atoms with Crippen molar-refractivity contribution in [2.45, 2.75) is 37.4 Å². The number of likely N-dealkylation sites (N-methyl/N-ethyl adjacent to an activating group) is 1. The molecule has 2 amide bonds. The second kappa shape index (κ2) is 12.2. The molecular weight excluding hydrogens is 640 g/mol. The van der Waals surface area contributed by atoms with E-state index in [1.54, 1.807) is 30.1 Å². The predicted octanol–water partition coefficient (Wildman–Crippen LogP) is 4.15. The Labute approximate surface area is 287 Å². The Hall–Kier alpha value is -5.88. The Morgan fingerprint density at radius 1 is 0.860 bits per heavy atom. The van der Waals surface area contributed by atoms with Gasteiger partial charge in [-0.2, -0.15) is 0 Å². The van der Waals surface area contributed by atoms with Crippen molar-refractivity contribution < 1.29 is 39.5 Å². The average Bonchev–Trinajstić information content (AvgIpc) is 3.73. The summed E-state index contributed by atoms with van der Waals surface area (Å²) in [7, 11) is 1.69. The molecular formula is C38H36N4O8. The van der Waals surface area contributed by atoms with Crippen LogP contribution in [-0.4, -0.2) is 80.0 Å². The third-order valence-corrected chi connectivity index (χ3v) is 10.0. The van der Waals surface area contributed by atoms with E-state index in [9.17, 15) is 30.0 Å². The lowest BCUT2D eigenvalue weighted by atomic mass is 9.86. The topological polar surface area (TPSA) is 168 Å². The average molecular weight is 677 g/mol. The summed E-state index contributed by atoms with van der Waals surface area (Å²) in [5.74, 6) is 0.771. The summed E-state index contributed by atoms with van der Waals surface area (Å²) in [5.41, 5.74) is 6.81. The van der Waals surface area contributed by atoms with Crippen LogP contribution >= 0.6 is 0 Å². The first kappa shape index (κ1) is 31.4. The van der Waals surface area contributed by atoms with Crippen LogP contribution in [0, 0.1) is 0 Å². The molecule has 3 atom stereocenters. The van der Waals surface area contributed by atoms with E-state index in [-0.39, 0.29) is 60.2 Å². The number of phenolic OH excluding ortho intramolecular Hbond substituents is 4. The first-order chi connectivity index (χ1) is 24.2. The number of aromatic hydroxyl groups is 4. The molecule has 256 valence electrons. The number of rotatable bonds is 3. The lowest BCUT2D eigenvalue weighted by molar-refractivity contribution is -0.157. The highest BCUT2D eigenvalue weighted by Gasteiger charge is 2.47. The fourth-order valence-electron chi connectivity index (χ4n) is 7.62. The van der Waals surface area contributed by atoms with Crippen molar-refractivity contribution in [3.05, 3.63) is 106 Å². The number of piperazine rings is 1. The standard InChI is InChI=1S/C22H19N3O4.C16H17NO4/c1-24-10-19(26)25-16(22(24)27)9-14-13-4-2-3-5-15(13)23-20(14)21(25)12-6-7-17-18(8-12)29-11-28-17;18-13-2-1-9(6-14(13)19)5-12-11-8-16(21)15(20)7-10(11)3-4-17-12/h2-8,16,21,23H,9-11H2,1H3;1-2,6-8,12,17-21H,3-5H2/t16-,21-;/m1./s1. The second-order valence-electron chi connectivity index (χ2n) is 13.1. The van der Waals surface area contributed by atoms with Crippen LogP contribution in [0.2, 0.25) is 0 Å². The van der Waals surface area contributed by atoms with Crippen LogP contribution in [0.25, 0.3) is 10.9 Å². The smallest absolute Gasteiger partial charge is 0.245 e. The minimum absolute atomic E-state index is 0.0100. The van der Waals surface area contributed by atoms with Gasteiger partial charge in [-0.15, -0.1) is 0 Å². The highest BCUT2D eigenvalue weighted by molar-refractivity contribution is 5.97. The van der Waals surface area contributed by atoms with Crippen molar-refractivity contribution in [3.8, 4) is 34.5 Å². The number of carbonyl (C=O) groups is 2. The molecule has 6 N–H and O–H groups in total. The summed E-state index contributed by atoms with van der Waals surface area (Å²) in [6.45, 7) is 1.06. The first-order valence-corrected chi connectivity index (χ1v) is 16.5. The first-order valence-electron chi connectivity index (χ1n) is 16.5. The number of H-pyrrole nitrogens is 1. The number of nitrogens with zero attached hydrogens (tertiary/aromatic N) is 2. The number of aromatic amines is 1. The van der Waals surface area contributed by atoms with Gasteiger partial charge in [-0.1, -0.05) is 30.3 Å². The molecule has 5 heterocycles. The van der Waals surface area contributed by atoms with Crippen molar-refractivity contribution in [2.24, 2.45) is 0 Å². The highest BCUT2D eigenvalue weighted by atomic mass is 16.7. The molecule has 1 fully saturated rings. The molecule has 4 aromatic carbocycles. The van der Waals surface area contributed by atoms with Crippen LogP contribution in [0.1, 0.15) is 45.6 Å². The van der Waals surface area contributed by atoms with E-state index in [1.165, 1.54) is 17.0 Å². The lowest BCUT2D eigenvalue weighted by Crippen LogP contribution is -2.62. The molecule has 0 spiro atoms. The maximum Gasteiger partial charge on any atom is 0.245 e. The van der Waals surface area contributed by atoms with E-state index in [0.29, 0.717) is 24.3 Å². The second-order valence-corrected chi connectivity index (χ2v) is 13.1. The molecule has 50 heavy (non-hydrogen) atoms. The summed E-state index contributed by atoms with van der Waals surface area (Å²) in [4.78, 5) is 32.9. The number of hydrogen-bond donors (Lipinski definition) is 6. The van der Waals surface area contributed by atoms with Crippen LogP contribution in [-0.2, 0) is 28.9 Å². The minimum atomic E-state index is -0.511. The van der Waals surface area contributed by atoms with Gasteiger partial charge in [0.1, 0.15) is 6.04 Å². The van der Waals surface area contributed by atoms with Gasteiger partial charge in [0.25, 0.3) is 0 Å². The van der Waals surface area contributed by atoms with Crippen molar-refractivity contribution >= 4 is 22.7 Å². The number of amides is 2. The zero-order valence-corrected chi connectivity index (χ0v) is 27.2. The summed E-state index contributed by atoms with van der Waals surface area (Å²) in [6.07, 6.45) is 1.92. The molecule has 1 unspecified atom stereocenters. The van der Waals surface area contributed by atoms with E-state index < -0.39 is 6.04 Å². The summed E-state index contributed by atoms with van der Waals surface area (Å²) < 4.78 is 11.0. The van der Waals surface area contributed by atoms with Crippen LogP contribution < -0.4 is 14.8 Å². The van der Waals surface area contributed by atoms with Crippen molar-refractivity contribution in [3.63, 3.8) is 0 Å². The molecule has 0 saturated carbocycles. The Morgan fingerprint density at radius 2 is 1.64 bits per heavy atom. The maximum absolute atomic E-state index is 13.1.